The highest BCUT2D eigenvalue weighted by Gasteiger charge is 2.13. The standard InChI is InChI=1S/C19H18N4O4S/c1-27-14-4-2-3-12(5-14)8-20-18(25)16-7-17(23-11-22-16)19(26)21-9-15-6-13(24)10-28-15/h2-7,10-11,24H,8-9H2,1H3,(H,20,25)(H,21,26). The fourth-order valence-corrected chi connectivity index (χ4v) is 3.07. The number of thiophene rings is 1. The number of rotatable bonds is 7. The van der Waals surface area contributed by atoms with Crippen molar-refractivity contribution in [3.63, 3.8) is 0 Å². The molecule has 0 bridgehead atoms. The summed E-state index contributed by atoms with van der Waals surface area (Å²) in [5.41, 5.74) is 1.05. The maximum atomic E-state index is 12.3. The smallest absolute Gasteiger partial charge is 0.270 e. The van der Waals surface area contributed by atoms with Crippen LogP contribution in [0.25, 0.3) is 0 Å². The summed E-state index contributed by atoms with van der Waals surface area (Å²) in [6.45, 7) is 0.550. The number of amides is 2. The van der Waals surface area contributed by atoms with Crippen molar-refractivity contribution in [3.05, 3.63) is 69.9 Å². The predicted molar refractivity (Wildman–Crippen MR) is 103 cm³/mol. The fourth-order valence-electron chi connectivity index (χ4n) is 2.38. The third-order valence-electron chi connectivity index (χ3n) is 3.78. The molecule has 0 fully saturated rings. The number of carbonyl (C=O) groups is 2. The number of ether oxygens (including phenoxy) is 1. The lowest BCUT2D eigenvalue weighted by atomic mass is 10.2. The van der Waals surface area contributed by atoms with Gasteiger partial charge in [-0.3, -0.25) is 9.59 Å². The van der Waals surface area contributed by atoms with E-state index in [1.807, 2.05) is 24.3 Å². The number of benzene rings is 1. The number of aromatic hydroxyl groups is 1. The molecule has 2 amide bonds. The van der Waals surface area contributed by atoms with Gasteiger partial charge in [0.05, 0.1) is 13.7 Å². The lowest BCUT2D eigenvalue weighted by Crippen LogP contribution is -2.26. The number of methoxy groups -OCH3 is 1. The Labute approximate surface area is 165 Å². The molecule has 0 unspecified atom stereocenters. The molecule has 3 aromatic rings. The molecular weight excluding hydrogens is 380 g/mol. The number of hydrogen-bond acceptors (Lipinski definition) is 7. The molecule has 1 aromatic carbocycles. The van der Waals surface area contributed by atoms with E-state index in [2.05, 4.69) is 20.6 Å². The molecule has 3 N–H and O–H groups in total. The van der Waals surface area contributed by atoms with Gasteiger partial charge < -0.3 is 20.5 Å². The molecule has 0 aliphatic rings. The number of aromatic nitrogens is 2. The summed E-state index contributed by atoms with van der Waals surface area (Å²) >= 11 is 1.33. The van der Waals surface area contributed by atoms with E-state index in [-0.39, 0.29) is 23.7 Å². The van der Waals surface area contributed by atoms with Gasteiger partial charge in [-0.15, -0.1) is 11.3 Å². The van der Waals surface area contributed by atoms with E-state index < -0.39 is 11.8 Å². The van der Waals surface area contributed by atoms with Gasteiger partial charge in [0.1, 0.15) is 29.2 Å². The van der Waals surface area contributed by atoms with Gasteiger partial charge in [0.25, 0.3) is 11.8 Å². The highest BCUT2D eigenvalue weighted by Crippen LogP contribution is 2.19. The van der Waals surface area contributed by atoms with Gasteiger partial charge >= 0.3 is 0 Å². The van der Waals surface area contributed by atoms with Crippen LogP contribution in [0.5, 0.6) is 11.5 Å². The first-order valence-electron chi connectivity index (χ1n) is 8.33. The number of hydrogen-bond donors (Lipinski definition) is 3. The van der Waals surface area contributed by atoms with Gasteiger partial charge in [0, 0.05) is 22.9 Å². The van der Waals surface area contributed by atoms with E-state index in [0.29, 0.717) is 12.3 Å². The quantitative estimate of drug-likeness (QED) is 0.562. The second-order valence-electron chi connectivity index (χ2n) is 5.78. The first-order valence-corrected chi connectivity index (χ1v) is 9.21. The fraction of sp³-hybridized carbons (Fsp3) is 0.158. The van der Waals surface area contributed by atoms with Crippen LogP contribution in [0.3, 0.4) is 0 Å². The van der Waals surface area contributed by atoms with Crippen LogP contribution in [-0.2, 0) is 13.1 Å². The van der Waals surface area contributed by atoms with E-state index in [0.717, 1.165) is 10.4 Å². The van der Waals surface area contributed by atoms with Crippen LogP contribution in [-0.4, -0.2) is 34.0 Å². The number of nitrogens with zero attached hydrogens (tertiary/aromatic N) is 2. The first kappa shape index (κ1) is 19.3. The lowest BCUT2D eigenvalue weighted by molar-refractivity contribution is 0.0944. The Balaban J connectivity index is 1.59. The molecule has 0 aliphatic heterocycles. The van der Waals surface area contributed by atoms with Crippen molar-refractivity contribution in [1.29, 1.82) is 0 Å². The van der Waals surface area contributed by atoms with Crippen molar-refractivity contribution in [2.24, 2.45) is 0 Å². The Bertz CT molecular complexity index is 989. The molecule has 2 aromatic heterocycles. The van der Waals surface area contributed by atoms with Crippen molar-refractivity contribution in [1.82, 2.24) is 20.6 Å². The zero-order valence-electron chi connectivity index (χ0n) is 15.0. The minimum Gasteiger partial charge on any atom is -0.507 e. The summed E-state index contributed by atoms with van der Waals surface area (Å²) in [7, 11) is 1.58. The maximum absolute atomic E-state index is 12.3. The Kier molecular flexibility index (Phi) is 6.18. The highest BCUT2D eigenvalue weighted by molar-refractivity contribution is 7.10. The minimum atomic E-state index is -0.433. The summed E-state index contributed by atoms with van der Waals surface area (Å²) in [6.07, 6.45) is 1.17. The summed E-state index contributed by atoms with van der Waals surface area (Å²) in [6, 6.07) is 10.2. The van der Waals surface area contributed by atoms with Crippen LogP contribution in [0.4, 0.5) is 0 Å². The van der Waals surface area contributed by atoms with Crippen LogP contribution in [0.2, 0.25) is 0 Å². The minimum absolute atomic E-state index is 0.0855. The lowest BCUT2D eigenvalue weighted by Gasteiger charge is -2.07. The monoisotopic (exact) mass is 398 g/mol. The van der Waals surface area contributed by atoms with Crippen molar-refractivity contribution in [2.45, 2.75) is 13.1 Å². The van der Waals surface area contributed by atoms with Crippen molar-refractivity contribution >= 4 is 23.2 Å². The predicted octanol–water partition coefficient (Wildman–Crippen LogP) is 2.11. The average Bonchev–Trinajstić information content (AvgIpc) is 3.15. The van der Waals surface area contributed by atoms with E-state index in [1.165, 1.54) is 23.7 Å². The number of nitrogens with one attached hydrogen (secondary N) is 2. The van der Waals surface area contributed by atoms with E-state index in [4.69, 9.17) is 4.74 Å². The zero-order chi connectivity index (χ0) is 19.9. The Morgan fingerprint density at radius 2 is 1.79 bits per heavy atom. The average molecular weight is 398 g/mol. The molecular formula is C19H18N4O4S. The third-order valence-corrected chi connectivity index (χ3v) is 4.71. The topological polar surface area (TPSA) is 113 Å². The molecule has 28 heavy (non-hydrogen) atoms. The van der Waals surface area contributed by atoms with Gasteiger partial charge in [0.2, 0.25) is 0 Å². The van der Waals surface area contributed by atoms with Gasteiger partial charge in [-0.1, -0.05) is 12.1 Å². The van der Waals surface area contributed by atoms with Crippen LogP contribution in [0.1, 0.15) is 31.4 Å². The molecule has 3 rings (SSSR count). The normalized spacial score (nSPS) is 10.3. The van der Waals surface area contributed by atoms with Crippen molar-refractivity contribution in [2.75, 3.05) is 7.11 Å². The summed E-state index contributed by atoms with van der Waals surface area (Å²) in [5.74, 6) is 0.0117. The molecule has 144 valence electrons. The van der Waals surface area contributed by atoms with Crippen LogP contribution in [0, 0.1) is 0 Å². The van der Waals surface area contributed by atoms with Crippen molar-refractivity contribution in [3.8, 4) is 11.5 Å². The SMILES string of the molecule is COc1cccc(CNC(=O)c2cc(C(=O)NCc3cc(O)cs3)ncn2)c1. The molecule has 0 aliphatic carbocycles. The third kappa shape index (κ3) is 5.04. The van der Waals surface area contributed by atoms with E-state index in [1.54, 1.807) is 18.6 Å². The van der Waals surface area contributed by atoms with Gasteiger partial charge in [-0.2, -0.15) is 0 Å². The molecule has 0 spiro atoms. The second kappa shape index (κ2) is 8.96. The van der Waals surface area contributed by atoms with Crippen LogP contribution in [0.15, 0.2) is 48.1 Å². The van der Waals surface area contributed by atoms with Gasteiger partial charge in [0.15, 0.2) is 0 Å². The highest BCUT2D eigenvalue weighted by atomic mass is 32.1. The Morgan fingerprint density at radius 3 is 2.43 bits per heavy atom. The maximum Gasteiger partial charge on any atom is 0.270 e. The van der Waals surface area contributed by atoms with Crippen molar-refractivity contribution < 1.29 is 19.4 Å². The molecule has 8 nitrogen and oxygen atoms in total. The first-order chi connectivity index (χ1) is 13.5. The zero-order valence-corrected chi connectivity index (χ0v) is 15.8. The van der Waals surface area contributed by atoms with Crippen LogP contribution < -0.4 is 15.4 Å². The largest absolute Gasteiger partial charge is 0.507 e. The van der Waals surface area contributed by atoms with E-state index in [9.17, 15) is 14.7 Å². The summed E-state index contributed by atoms with van der Waals surface area (Å²) < 4.78 is 5.15. The molecule has 2 heterocycles. The van der Waals surface area contributed by atoms with E-state index >= 15 is 0 Å². The molecule has 0 saturated heterocycles. The molecule has 0 atom stereocenters. The molecule has 9 heteroatoms. The molecule has 0 saturated carbocycles. The summed E-state index contributed by atoms with van der Waals surface area (Å²) in [5, 5.41) is 16.3. The van der Waals surface area contributed by atoms with Crippen LogP contribution >= 0.6 is 11.3 Å². The Morgan fingerprint density at radius 1 is 1.07 bits per heavy atom. The summed E-state index contributed by atoms with van der Waals surface area (Å²) in [4.78, 5) is 33.2. The second-order valence-corrected chi connectivity index (χ2v) is 6.77. The van der Waals surface area contributed by atoms with Gasteiger partial charge in [-0.25, -0.2) is 9.97 Å². The number of carbonyl (C=O) groups excluding carboxylic acids is 2. The molecule has 0 radical (unpaired) electrons. The Hall–Kier alpha value is -3.46. The van der Waals surface area contributed by atoms with Gasteiger partial charge in [-0.05, 0) is 23.8 Å².